The van der Waals surface area contributed by atoms with Crippen molar-refractivity contribution in [2.75, 3.05) is 0 Å². The van der Waals surface area contributed by atoms with Crippen LogP contribution < -0.4 is 0 Å². The molecule has 0 aromatic carbocycles. The van der Waals surface area contributed by atoms with Crippen LogP contribution in [0.5, 0.6) is 0 Å². The number of aromatic nitrogens is 1. The Morgan fingerprint density at radius 3 is 2.06 bits per heavy atom. The maximum atomic E-state index is 3.89. The maximum absolute atomic E-state index is 3.89. The van der Waals surface area contributed by atoms with Gasteiger partial charge in [0.2, 0.25) is 0 Å². The smallest absolute Gasteiger partial charge is 0.0485 e. The van der Waals surface area contributed by atoms with Gasteiger partial charge in [-0.2, -0.15) is 0 Å². The van der Waals surface area contributed by atoms with E-state index in [0.29, 0.717) is 0 Å². The van der Waals surface area contributed by atoms with E-state index in [4.69, 9.17) is 0 Å². The minimum atomic E-state index is 1.14. The van der Waals surface area contributed by atoms with Crippen LogP contribution in [-0.2, 0) is 7.05 Å². The van der Waals surface area contributed by atoms with Gasteiger partial charge < -0.3 is 4.57 Å². The first-order valence-corrected chi connectivity index (χ1v) is 5.57. The third-order valence-electron chi connectivity index (χ3n) is 2.81. The van der Waals surface area contributed by atoms with Gasteiger partial charge in [0.25, 0.3) is 0 Å². The van der Waals surface area contributed by atoms with Gasteiger partial charge in [0.1, 0.15) is 0 Å². The second kappa shape index (κ2) is 5.90. The molecule has 17 heavy (non-hydrogen) atoms. The van der Waals surface area contributed by atoms with Crippen molar-refractivity contribution in [1.29, 1.82) is 0 Å². The first-order chi connectivity index (χ1) is 8.17. The monoisotopic (exact) mass is 225 g/mol. The van der Waals surface area contributed by atoms with E-state index in [-0.39, 0.29) is 0 Å². The highest BCUT2D eigenvalue weighted by Gasteiger charge is 2.11. The summed E-state index contributed by atoms with van der Waals surface area (Å²) in [5.74, 6) is 0. The number of rotatable bonds is 5. The van der Waals surface area contributed by atoms with E-state index in [2.05, 4.69) is 44.4 Å². The summed E-state index contributed by atoms with van der Waals surface area (Å²) in [7, 11) is 2.05. The van der Waals surface area contributed by atoms with Gasteiger partial charge in [-0.1, -0.05) is 56.2 Å². The lowest BCUT2D eigenvalue weighted by molar-refractivity contribution is 0.869. The molecule has 0 aliphatic rings. The largest absolute Gasteiger partial charge is 0.347 e. The lowest BCUT2D eigenvalue weighted by Crippen LogP contribution is -1.93. The van der Waals surface area contributed by atoms with Crippen LogP contribution in [0.15, 0.2) is 44.0 Å². The molecule has 0 aliphatic carbocycles. The van der Waals surface area contributed by atoms with E-state index in [9.17, 15) is 0 Å². The minimum Gasteiger partial charge on any atom is -0.347 e. The molecule has 0 amide bonds. The summed E-state index contributed by atoms with van der Waals surface area (Å²) in [6.45, 7) is 13.4. The topological polar surface area (TPSA) is 4.93 Å². The molecular formula is C16H19N. The van der Waals surface area contributed by atoms with Crippen molar-refractivity contribution in [1.82, 2.24) is 4.57 Å². The molecule has 88 valence electrons. The standard InChI is InChI=1S/C16H19N/c1-6-9-11-15-13(4)17(5)16(12-10-7-2)14(15)8-3/h6-12H,1-3H2,4-5H3/b11-9-,12-10-. The molecule has 0 atom stereocenters. The van der Waals surface area contributed by atoms with E-state index < -0.39 is 0 Å². The van der Waals surface area contributed by atoms with E-state index in [1.54, 1.807) is 12.2 Å². The molecule has 1 aromatic rings. The van der Waals surface area contributed by atoms with Crippen molar-refractivity contribution in [3.05, 3.63) is 66.6 Å². The van der Waals surface area contributed by atoms with Crippen LogP contribution >= 0.6 is 0 Å². The Morgan fingerprint density at radius 1 is 0.941 bits per heavy atom. The SMILES string of the molecule is C=C/C=C\c1c(C=C)c(/C=C\C=C)n(C)c1C. The van der Waals surface area contributed by atoms with Crippen LogP contribution in [0, 0.1) is 6.92 Å². The minimum absolute atomic E-state index is 1.14. The summed E-state index contributed by atoms with van der Waals surface area (Å²) >= 11 is 0. The van der Waals surface area contributed by atoms with Crippen molar-refractivity contribution in [3.8, 4) is 0 Å². The Balaban J connectivity index is 3.45. The van der Waals surface area contributed by atoms with Gasteiger partial charge in [0.05, 0.1) is 0 Å². The van der Waals surface area contributed by atoms with Crippen molar-refractivity contribution >= 4 is 18.2 Å². The number of hydrogen-bond acceptors (Lipinski definition) is 0. The zero-order valence-electron chi connectivity index (χ0n) is 10.6. The number of nitrogens with zero attached hydrogens (tertiary/aromatic N) is 1. The highest BCUT2D eigenvalue weighted by molar-refractivity contribution is 5.75. The molecule has 1 heterocycles. The third kappa shape index (κ3) is 2.56. The second-order valence-corrected chi connectivity index (χ2v) is 3.75. The lowest BCUT2D eigenvalue weighted by atomic mass is 10.1. The van der Waals surface area contributed by atoms with Gasteiger partial charge in [-0.15, -0.1) is 0 Å². The fourth-order valence-electron chi connectivity index (χ4n) is 1.82. The summed E-state index contributed by atoms with van der Waals surface area (Å²) < 4.78 is 2.15. The summed E-state index contributed by atoms with van der Waals surface area (Å²) in [6.07, 6.45) is 13.4. The first kappa shape index (κ1) is 13.0. The molecule has 0 spiro atoms. The fraction of sp³-hybridized carbons (Fsp3) is 0.125. The van der Waals surface area contributed by atoms with Crippen LogP contribution in [0.25, 0.3) is 18.2 Å². The summed E-state index contributed by atoms with van der Waals surface area (Å²) in [6, 6.07) is 0. The molecule has 1 nitrogen and oxygen atoms in total. The molecule has 0 fully saturated rings. The number of allylic oxidation sites excluding steroid dienone is 4. The van der Waals surface area contributed by atoms with Crippen LogP contribution in [-0.4, -0.2) is 4.57 Å². The third-order valence-corrected chi connectivity index (χ3v) is 2.81. The molecular weight excluding hydrogens is 206 g/mol. The van der Waals surface area contributed by atoms with E-state index in [0.717, 1.165) is 11.3 Å². The van der Waals surface area contributed by atoms with E-state index >= 15 is 0 Å². The second-order valence-electron chi connectivity index (χ2n) is 3.75. The average Bonchev–Trinajstić information content (AvgIpc) is 2.57. The average molecular weight is 225 g/mol. The van der Waals surface area contributed by atoms with Crippen molar-refractivity contribution in [3.63, 3.8) is 0 Å². The zero-order chi connectivity index (χ0) is 12.8. The van der Waals surface area contributed by atoms with Gasteiger partial charge in [0, 0.05) is 29.6 Å². The van der Waals surface area contributed by atoms with Crippen molar-refractivity contribution < 1.29 is 0 Å². The van der Waals surface area contributed by atoms with E-state index in [1.807, 2.05) is 24.3 Å². The zero-order valence-corrected chi connectivity index (χ0v) is 10.6. The summed E-state index contributed by atoms with van der Waals surface area (Å²) in [5, 5.41) is 0. The Labute approximate surface area is 104 Å². The van der Waals surface area contributed by atoms with Gasteiger partial charge in [-0.25, -0.2) is 0 Å². The Hall–Kier alpha value is -2.02. The lowest BCUT2D eigenvalue weighted by Gasteiger charge is -2.00. The number of hydrogen-bond donors (Lipinski definition) is 0. The highest BCUT2D eigenvalue weighted by Crippen LogP contribution is 2.25. The van der Waals surface area contributed by atoms with Crippen LogP contribution in [0.2, 0.25) is 0 Å². The molecule has 0 unspecified atom stereocenters. The van der Waals surface area contributed by atoms with Gasteiger partial charge in [0.15, 0.2) is 0 Å². The van der Waals surface area contributed by atoms with Crippen molar-refractivity contribution in [2.45, 2.75) is 6.92 Å². The maximum Gasteiger partial charge on any atom is 0.0485 e. The van der Waals surface area contributed by atoms with E-state index in [1.165, 1.54) is 11.3 Å². The molecule has 0 aliphatic heterocycles. The molecule has 1 heteroatoms. The Kier molecular flexibility index (Phi) is 4.53. The van der Waals surface area contributed by atoms with Crippen molar-refractivity contribution in [2.24, 2.45) is 7.05 Å². The van der Waals surface area contributed by atoms with Crippen LogP contribution in [0.3, 0.4) is 0 Å². The van der Waals surface area contributed by atoms with Gasteiger partial charge >= 0.3 is 0 Å². The molecule has 0 saturated heterocycles. The predicted octanol–water partition coefficient (Wildman–Crippen LogP) is 4.37. The normalized spacial score (nSPS) is 11.2. The molecule has 0 saturated carbocycles. The summed E-state index contributed by atoms with van der Waals surface area (Å²) in [4.78, 5) is 0. The fourth-order valence-corrected chi connectivity index (χ4v) is 1.82. The van der Waals surface area contributed by atoms with Crippen LogP contribution in [0.4, 0.5) is 0 Å². The summed E-state index contributed by atoms with van der Waals surface area (Å²) in [5.41, 5.74) is 4.68. The predicted molar refractivity (Wildman–Crippen MR) is 78.7 cm³/mol. The molecule has 1 rings (SSSR count). The van der Waals surface area contributed by atoms with Gasteiger partial charge in [-0.3, -0.25) is 0 Å². The molecule has 0 radical (unpaired) electrons. The Morgan fingerprint density at radius 2 is 1.53 bits per heavy atom. The quantitative estimate of drug-likeness (QED) is 0.655. The highest BCUT2D eigenvalue weighted by atomic mass is 15.0. The molecule has 1 aromatic heterocycles. The van der Waals surface area contributed by atoms with Crippen LogP contribution in [0.1, 0.15) is 22.5 Å². The molecule has 0 bridgehead atoms. The molecule has 0 N–H and O–H groups in total. The Bertz CT molecular complexity index is 455. The first-order valence-electron chi connectivity index (χ1n) is 5.57. The van der Waals surface area contributed by atoms with Gasteiger partial charge in [-0.05, 0) is 13.0 Å².